The molecule has 4 unspecified atom stereocenters. The fraction of sp³-hybridized carbons (Fsp3) is 0.536. The van der Waals surface area contributed by atoms with Crippen molar-refractivity contribution in [2.24, 2.45) is 11.7 Å². The van der Waals surface area contributed by atoms with Crippen LogP contribution in [0.5, 0.6) is 0 Å². The van der Waals surface area contributed by atoms with Gasteiger partial charge in [0.15, 0.2) is 0 Å². The number of nitrogens with one attached hydrogen (secondary N) is 2. The van der Waals surface area contributed by atoms with Gasteiger partial charge in [-0.2, -0.15) is 0 Å². The number of ether oxygens (including phenoxy) is 2. The molecule has 1 aromatic rings. The number of esters is 1. The largest absolute Gasteiger partial charge is 0.466 e. The Morgan fingerprint density at radius 3 is 2.44 bits per heavy atom. The van der Waals surface area contributed by atoms with E-state index < -0.39 is 53.9 Å². The molecular weight excluding hydrogens is 504 g/mol. The molecule has 4 atom stereocenters. The maximum atomic E-state index is 14.0. The van der Waals surface area contributed by atoms with Crippen LogP contribution in [0.4, 0.5) is 4.79 Å². The lowest BCUT2D eigenvalue weighted by molar-refractivity contribution is -0.145. The van der Waals surface area contributed by atoms with Gasteiger partial charge in [0.2, 0.25) is 17.7 Å². The first-order valence-electron chi connectivity index (χ1n) is 13.0. The minimum Gasteiger partial charge on any atom is -0.466 e. The van der Waals surface area contributed by atoms with Crippen molar-refractivity contribution in [3.05, 3.63) is 42.0 Å². The summed E-state index contributed by atoms with van der Waals surface area (Å²) >= 11 is 0. The highest BCUT2D eigenvalue weighted by Gasteiger charge is 2.48. The van der Waals surface area contributed by atoms with Gasteiger partial charge in [-0.25, -0.2) is 4.79 Å². The Balaban J connectivity index is 2.47. The van der Waals surface area contributed by atoms with Crippen molar-refractivity contribution in [2.45, 2.75) is 77.6 Å². The van der Waals surface area contributed by atoms with Gasteiger partial charge in [0.05, 0.1) is 19.4 Å². The molecular formula is C28H40N4O7. The highest BCUT2D eigenvalue weighted by atomic mass is 16.6. The van der Waals surface area contributed by atoms with Crippen LogP contribution in [0.3, 0.4) is 0 Å². The number of nitrogens with zero attached hydrogens (tertiary/aromatic N) is 1. The molecule has 11 heteroatoms. The fourth-order valence-electron chi connectivity index (χ4n) is 4.12. The van der Waals surface area contributed by atoms with E-state index in [0.29, 0.717) is 12.0 Å². The number of amides is 4. The zero-order valence-corrected chi connectivity index (χ0v) is 23.3. The number of benzene rings is 1. The standard InChI is InChI=1S/C28H40N4O7/c1-7-18-10-9-11-19(15-18)24(25(35)30-13-12-23(34)38-8-2)32(21-14-17(21)3)26(36)20(16-22(29)33)31-27(37)39-28(4,5)6/h7,9-11,15,17,20-21,24H,1,8,12-14,16H2,2-6H3,(H2,29,33)(H,30,35)(H,31,37). The third kappa shape index (κ3) is 9.73. The van der Waals surface area contributed by atoms with Gasteiger partial charge in [0.25, 0.3) is 0 Å². The Morgan fingerprint density at radius 2 is 1.90 bits per heavy atom. The molecule has 1 aliphatic rings. The van der Waals surface area contributed by atoms with Crippen molar-refractivity contribution in [3.63, 3.8) is 0 Å². The lowest BCUT2D eigenvalue weighted by atomic mass is 9.99. The Labute approximate surface area is 229 Å². The summed E-state index contributed by atoms with van der Waals surface area (Å²) in [5.74, 6) is -2.37. The number of nitrogens with two attached hydrogens (primary N) is 1. The van der Waals surface area contributed by atoms with Crippen LogP contribution in [0, 0.1) is 5.92 Å². The molecule has 4 amide bonds. The summed E-state index contributed by atoms with van der Waals surface area (Å²) in [6.07, 6.45) is 0.812. The number of rotatable bonds is 13. The average molecular weight is 545 g/mol. The number of alkyl carbamates (subject to hydrolysis) is 1. The van der Waals surface area contributed by atoms with Gasteiger partial charge in [-0.3, -0.25) is 19.2 Å². The molecule has 0 bridgehead atoms. The van der Waals surface area contributed by atoms with E-state index in [1.54, 1.807) is 58.0 Å². The summed E-state index contributed by atoms with van der Waals surface area (Å²) in [6.45, 7) is 12.6. The summed E-state index contributed by atoms with van der Waals surface area (Å²) < 4.78 is 10.2. The van der Waals surface area contributed by atoms with Crippen LogP contribution in [0.1, 0.15) is 71.0 Å². The summed E-state index contributed by atoms with van der Waals surface area (Å²) in [5, 5.41) is 5.19. The fourth-order valence-corrected chi connectivity index (χ4v) is 4.12. The molecule has 11 nitrogen and oxygen atoms in total. The maximum absolute atomic E-state index is 14.0. The van der Waals surface area contributed by atoms with Crippen molar-refractivity contribution in [3.8, 4) is 0 Å². The molecule has 0 saturated heterocycles. The summed E-state index contributed by atoms with van der Waals surface area (Å²) in [5.41, 5.74) is 5.81. The van der Waals surface area contributed by atoms with Gasteiger partial charge in [0.1, 0.15) is 17.7 Å². The third-order valence-corrected chi connectivity index (χ3v) is 6.00. The van der Waals surface area contributed by atoms with Crippen LogP contribution >= 0.6 is 0 Å². The van der Waals surface area contributed by atoms with E-state index in [-0.39, 0.29) is 31.5 Å². The second kappa shape index (κ2) is 13.8. The van der Waals surface area contributed by atoms with Crippen LogP contribution in [-0.2, 0) is 28.7 Å². The molecule has 0 aromatic heterocycles. The zero-order chi connectivity index (χ0) is 29.3. The van der Waals surface area contributed by atoms with Gasteiger partial charge in [-0.05, 0) is 57.2 Å². The first kappa shape index (κ1) is 31.3. The Hall–Kier alpha value is -3.89. The van der Waals surface area contributed by atoms with Crippen LogP contribution in [0.25, 0.3) is 6.08 Å². The van der Waals surface area contributed by atoms with Gasteiger partial charge in [0, 0.05) is 12.6 Å². The summed E-state index contributed by atoms with van der Waals surface area (Å²) in [4.78, 5) is 65.3. The molecule has 0 heterocycles. The highest BCUT2D eigenvalue weighted by Crippen LogP contribution is 2.41. The second-order valence-electron chi connectivity index (χ2n) is 10.5. The molecule has 0 aliphatic heterocycles. The number of primary amides is 1. The van der Waals surface area contributed by atoms with E-state index in [9.17, 15) is 24.0 Å². The number of carbonyl (C=O) groups is 5. The van der Waals surface area contributed by atoms with Crippen molar-refractivity contribution in [2.75, 3.05) is 13.2 Å². The van der Waals surface area contributed by atoms with Gasteiger partial charge in [-0.1, -0.05) is 37.8 Å². The third-order valence-electron chi connectivity index (χ3n) is 6.00. The summed E-state index contributed by atoms with van der Waals surface area (Å²) in [7, 11) is 0. The Morgan fingerprint density at radius 1 is 1.23 bits per heavy atom. The van der Waals surface area contributed by atoms with E-state index in [1.807, 2.05) is 6.92 Å². The van der Waals surface area contributed by atoms with E-state index in [0.717, 1.165) is 5.56 Å². The van der Waals surface area contributed by atoms with Gasteiger partial charge in [-0.15, -0.1) is 0 Å². The minimum atomic E-state index is -1.36. The molecule has 1 saturated carbocycles. The number of carbonyl (C=O) groups excluding carboxylic acids is 5. The van der Waals surface area contributed by atoms with Crippen LogP contribution in [0.2, 0.25) is 0 Å². The molecule has 39 heavy (non-hydrogen) atoms. The van der Waals surface area contributed by atoms with Crippen molar-refractivity contribution >= 4 is 35.9 Å². The van der Waals surface area contributed by atoms with Crippen LogP contribution in [0.15, 0.2) is 30.8 Å². The van der Waals surface area contributed by atoms with E-state index >= 15 is 0 Å². The SMILES string of the molecule is C=Cc1cccc(C(C(=O)NCCC(=O)OCC)N(C(=O)C(CC(N)=O)NC(=O)OC(C)(C)C)C2CC2C)c1. The monoisotopic (exact) mass is 544 g/mol. The van der Waals surface area contributed by atoms with Crippen molar-refractivity contribution < 1.29 is 33.4 Å². The van der Waals surface area contributed by atoms with E-state index in [2.05, 4.69) is 17.2 Å². The normalized spacial score (nSPS) is 17.7. The van der Waals surface area contributed by atoms with Gasteiger partial charge >= 0.3 is 12.1 Å². The molecule has 4 N–H and O–H groups in total. The molecule has 1 aliphatic carbocycles. The molecule has 1 fully saturated rings. The lowest BCUT2D eigenvalue weighted by Crippen LogP contribution is -2.55. The predicted molar refractivity (Wildman–Crippen MR) is 145 cm³/mol. The quantitative estimate of drug-likeness (QED) is 0.322. The number of hydrogen-bond acceptors (Lipinski definition) is 7. The average Bonchev–Trinajstić information content (AvgIpc) is 3.55. The first-order chi connectivity index (χ1) is 18.3. The van der Waals surface area contributed by atoms with Crippen LogP contribution < -0.4 is 16.4 Å². The topological polar surface area (TPSA) is 157 Å². The number of hydrogen-bond donors (Lipinski definition) is 3. The van der Waals surface area contributed by atoms with Crippen molar-refractivity contribution in [1.82, 2.24) is 15.5 Å². The predicted octanol–water partition coefficient (Wildman–Crippen LogP) is 2.45. The van der Waals surface area contributed by atoms with E-state index in [4.69, 9.17) is 15.2 Å². The Bertz CT molecular complexity index is 1080. The highest BCUT2D eigenvalue weighted by molar-refractivity contribution is 5.95. The second-order valence-corrected chi connectivity index (χ2v) is 10.5. The molecule has 0 radical (unpaired) electrons. The maximum Gasteiger partial charge on any atom is 0.408 e. The first-order valence-corrected chi connectivity index (χ1v) is 13.0. The smallest absolute Gasteiger partial charge is 0.408 e. The minimum absolute atomic E-state index is 0.00155. The van der Waals surface area contributed by atoms with E-state index in [1.165, 1.54) is 4.90 Å². The van der Waals surface area contributed by atoms with Crippen LogP contribution in [-0.4, -0.2) is 65.5 Å². The zero-order valence-electron chi connectivity index (χ0n) is 23.3. The lowest BCUT2D eigenvalue weighted by Gasteiger charge is -2.35. The molecule has 214 valence electrons. The summed E-state index contributed by atoms with van der Waals surface area (Å²) in [6, 6.07) is 4.18. The van der Waals surface area contributed by atoms with Crippen molar-refractivity contribution in [1.29, 1.82) is 0 Å². The Kier molecular flexibility index (Phi) is 11.1. The van der Waals surface area contributed by atoms with Gasteiger partial charge < -0.3 is 30.7 Å². The molecule has 0 spiro atoms. The molecule has 1 aromatic carbocycles. The molecule has 2 rings (SSSR count).